The first-order valence-corrected chi connectivity index (χ1v) is 7.47. The molecule has 1 aliphatic heterocycles. The topological polar surface area (TPSA) is 98.3 Å². The molecule has 3 N–H and O–H groups in total. The normalized spacial score (nSPS) is 17.0. The Morgan fingerprint density at radius 2 is 2.04 bits per heavy atom. The van der Waals surface area contributed by atoms with E-state index in [-0.39, 0.29) is 38.0 Å². The van der Waals surface area contributed by atoms with Crippen molar-refractivity contribution in [1.29, 1.82) is 0 Å². The quantitative estimate of drug-likeness (QED) is 0.799. The van der Waals surface area contributed by atoms with Crippen molar-refractivity contribution in [2.75, 3.05) is 13.1 Å². The standard InChI is InChI=1S/C15H16F2N4O3/c16-15(17)3-5-21(6-4-15)14(24)18-8-12-19-10-2-1-9(13(22)23)7-11(10)20-12/h1-2,7H,3-6,8H2,(H,18,24)(H,19,20)(H,22,23). The summed E-state index contributed by atoms with van der Waals surface area (Å²) in [6.45, 7) is 0.130. The number of halogens is 2. The number of aromatic carboxylic acids is 1. The maximum atomic E-state index is 13.1. The van der Waals surface area contributed by atoms with Crippen molar-refractivity contribution in [2.24, 2.45) is 0 Å². The number of H-pyrrole nitrogens is 1. The van der Waals surface area contributed by atoms with E-state index in [1.165, 1.54) is 17.0 Å². The Morgan fingerprint density at radius 3 is 2.71 bits per heavy atom. The number of benzene rings is 1. The highest BCUT2D eigenvalue weighted by molar-refractivity contribution is 5.92. The smallest absolute Gasteiger partial charge is 0.335 e. The van der Waals surface area contributed by atoms with Crippen LogP contribution in [0.2, 0.25) is 0 Å². The lowest BCUT2D eigenvalue weighted by molar-refractivity contribution is -0.0469. The van der Waals surface area contributed by atoms with Crippen molar-refractivity contribution in [3.63, 3.8) is 0 Å². The van der Waals surface area contributed by atoms with Gasteiger partial charge in [0, 0.05) is 25.9 Å². The predicted octanol–water partition coefficient (Wildman–Crippen LogP) is 2.20. The Labute approximate surface area is 135 Å². The summed E-state index contributed by atoms with van der Waals surface area (Å²) < 4.78 is 26.2. The minimum atomic E-state index is -2.70. The van der Waals surface area contributed by atoms with Gasteiger partial charge in [-0.2, -0.15) is 0 Å². The van der Waals surface area contributed by atoms with Crippen LogP contribution in [0.3, 0.4) is 0 Å². The fourth-order valence-electron chi connectivity index (χ4n) is 2.59. The number of carboxylic acids is 1. The number of alkyl halides is 2. The van der Waals surface area contributed by atoms with Crippen molar-refractivity contribution in [3.05, 3.63) is 29.6 Å². The first-order chi connectivity index (χ1) is 11.3. The van der Waals surface area contributed by atoms with Gasteiger partial charge in [0.2, 0.25) is 0 Å². The summed E-state index contributed by atoms with van der Waals surface area (Å²) in [5.74, 6) is -3.27. The Hall–Kier alpha value is -2.71. The highest BCUT2D eigenvalue weighted by Gasteiger charge is 2.35. The summed E-state index contributed by atoms with van der Waals surface area (Å²) in [4.78, 5) is 31.5. The number of amides is 2. The second-order valence-electron chi connectivity index (χ2n) is 5.72. The van der Waals surface area contributed by atoms with Gasteiger partial charge in [0.15, 0.2) is 0 Å². The zero-order valence-corrected chi connectivity index (χ0v) is 12.7. The molecule has 0 atom stereocenters. The molecule has 0 radical (unpaired) electrons. The molecular weight excluding hydrogens is 322 g/mol. The number of nitrogens with zero attached hydrogens (tertiary/aromatic N) is 2. The molecule has 0 unspecified atom stereocenters. The molecule has 3 rings (SSSR count). The van der Waals surface area contributed by atoms with Gasteiger partial charge in [0.05, 0.1) is 23.1 Å². The zero-order valence-electron chi connectivity index (χ0n) is 12.7. The van der Waals surface area contributed by atoms with E-state index in [2.05, 4.69) is 15.3 Å². The van der Waals surface area contributed by atoms with Crippen LogP contribution in [0.1, 0.15) is 29.0 Å². The second kappa shape index (κ2) is 6.06. The number of rotatable bonds is 3. The molecule has 1 fully saturated rings. The van der Waals surface area contributed by atoms with Gasteiger partial charge in [0.1, 0.15) is 5.82 Å². The van der Waals surface area contributed by atoms with Gasteiger partial charge in [-0.15, -0.1) is 0 Å². The largest absolute Gasteiger partial charge is 0.478 e. The van der Waals surface area contributed by atoms with Gasteiger partial charge in [0.25, 0.3) is 5.92 Å². The van der Waals surface area contributed by atoms with Gasteiger partial charge in [-0.05, 0) is 18.2 Å². The van der Waals surface area contributed by atoms with E-state index in [0.717, 1.165) is 0 Å². The highest BCUT2D eigenvalue weighted by Crippen LogP contribution is 2.27. The Bertz CT molecular complexity index is 780. The number of piperidine rings is 1. The lowest BCUT2D eigenvalue weighted by Crippen LogP contribution is -2.47. The second-order valence-corrected chi connectivity index (χ2v) is 5.72. The summed E-state index contributed by atoms with van der Waals surface area (Å²) in [5, 5.41) is 11.6. The van der Waals surface area contributed by atoms with E-state index < -0.39 is 17.9 Å². The fraction of sp³-hybridized carbons (Fsp3) is 0.400. The number of urea groups is 1. The lowest BCUT2D eigenvalue weighted by Gasteiger charge is -2.31. The molecule has 1 aromatic carbocycles. The Kier molecular flexibility index (Phi) is 4.08. The average Bonchev–Trinajstić information content (AvgIpc) is 2.94. The number of nitrogens with one attached hydrogen (secondary N) is 2. The van der Waals surface area contributed by atoms with E-state index >= 15 is 0 Å². The Balaban J connectivity index is 1.61. The van der Waals surface area contributed by atoms with Crippen molar-refractivity contribution in [2.45, 2.75) is 25.3 Å². The van der Waals surface area contributed by atoms with Crippen LogP contribution < -0.4 is 5.32 Å². The number of likely N-dealkylation sites (tertiary alicyclic amines) is 1. The number of carbonyl (C=O) groups excluding carboxylic acids is 1. The molecule has 1 saturated heterocycles. The van der Waals surface area contributed by atoms with Gasteiger partial charge < -0.3 is 20.3 Å². The maximum Gasteiger partial charge on any atom is 0.335 e. The molecule has 24 heavy (non-hydrogen) atoms. The van der Waals surface area contributed by atoms with E-state index in [4.69, 9.17) is 5.11 Å². The van der Waals surface area contributed by atoms with Crippen molar-refractivity contribution < 1.29 is 23.5 Å². The number of hydrogen-bond acceptors (Lipinski definition) is 3. The summed E-state index contributed by atoms with van der Waals surface area (Å²) >= 11 is 0. The van der Waals surface area contributed by atoms with Gasteiger partial charge >= 0.3 is 12.0 Å². The molecule has 2 heterocycles. The number of hydrogen-bond donors (Lipinski definition) is 3. The zero-order chi connectivity index (χ0) is 17.3. The van der Waals surface area contributed by atoms with Crippen molar-refractivity contribution in [3.8, 4) is 0 Å². The fourth-order valence-corrected chi connectivity index (χ4v) is 2.59. The third kappa shape index (κ3) is 3.44. The lowest BCUT2D eigenvalue weighted by atomic mass is 10.1. The van der Waals surface area contributed by atoms with Crippen LogP contribution >= 0.6 is 0 Å². The van der Waals surface area contributed by atoms with Crippen LogP contribution in [0.4, 0.5) is 13.6 Å². The van der Waals surface area contributed by atoms with Crippen molar-refractivity contribution in [1.82, 2.24) is 20.2 Å². The van der Waals surface area contributed by atoms with Crippen molar-refractivity contribution >= 4 is 23.0 Å². The molecule has 2 aromatic rings. The number of carboxylic acid groups (broad SMARTS) is 1. The molecular formula is C15H16F2N4O3. The number of aromatic nitrogens is 2. The van der Waals surface area contributed by atoms with Crippen LogP contribution in [0, 0.1) is 0 Å². The molecule has 0 bridgehead atoms. The molecule has 0 saturated carbocycles. The number of imidazole rings is 1. The maximum absolute atomic E-state index is 13.1. The summed E-state index contributed by atoms with van der Waals surface area (Å²) in [7, 11) is 0. The van der Waals surface area contributed by atoms with Gasteiger partial charge in [-0.1, -0.05) is 0 Å². The molecule has 1 aliphatic rings. The Morgan fingerprint density at radius 1 is 1.33 bits per heavy atom. The monoisotopic (exact) mass is 338 g/mol. The molecule has 128 valence electrons. The van der Waals surface area contributed by atoms with E-state index in [9.17, 15) is 18.4 Å². The minimum Gasteiger partial charge on any atom is -0.478 e. The predicted molar refractivity (Wildman–Crippen MR) is 81.0 cm³/mol. The number of carbonyl (C=O) groups is 2. The van der Waals surface area contributed by atoms with E-state index in [1.54, 1.807) is 6.07 Å². The first kappa shape index (κ1) is 16.2. The molecule has 0 spiro atoms. The SMILES string of the molecule is O=C(O)c1ccc2nc(CNC(=O)N3CCC(F)(F)CC3)[nH]c2c1. The average molecular weight is 338 g/mol. The molecule has 2 amide bonds. The van der Waals surface area contributed by atoms with Crippen LogP contribution in [-0.4, -0.2) is 51.0 Å². The highest BCUT2D eigenvalue weighted by atomic mass is 19.3. The van der Waals surface area contributed by atoms with Crippen LogP contribution in [0.15, 0.2) is 18.2 Å². The van der Waals surface area contributed by atoms with Crippen LogP contribution in [-0.2, 0) is 6.54 Å². The van der Waals surface area contributed by atoms with Gasteiger partial charge in [-0.25, -0.2) is 23.4 Å². The molecule has 0 aliphatic carbocycles. The number of fused-ring (bicyclic) bond motifs is 1. The third-order valence-corrected chi connectivity index (χ3v) is 3.97. The minimum absolute atomic E-state index is 0.0148. The number of aromatic amines is 1. The molecule has 1 aromatic heterocycles. The molecule has 9 heteroatoms. The van der Waals surface area contributed by atoms with E-state index in [1.807, 2.05) is 0 Å². The van der Waals surface area contributed by atoms with Crippen LogP contribution in [0.25, 0.3) is 11.0 Å². The van der Waals surface area contributed by atoms with Crippen LogP contribution in [0.5, 0.6) is 0 Å². The van der Waals surface area contributed by atoms with Gasteiger partial charge in [-0.3, -0.25) is 0 Å². The molecule has 7 nitrogen and oxygen atoms in total. The van der Waals surface area contributed by atoms with E-state index in [0.29, 0.717) is 16.9 Å². The third-order valence-electron chi connectivity index (χ3n) is 3.97. The first-order valence-electron chi connectivity index (χ1n) is 7.47. The summed E-state index contributed by atoms with van der Waals surface area (Å²) in [5.41, 5.74) is 1.27. The summed E-state index contributed by atoms with van der Waals surface area (Å²) in [6.07, 6.45) is -0.661. The summed E-state index contributed by atoms with van der Waals surface area (Å²) in [6, 6.07) is 4.06.